The van der Waals surface area contributed by atoms with Gasteiger partial charge in [-0.05, 0) is 6.42 Å². The monoisotopic (exact) mass is 286 g/mol. The van der Waals surface area contributed by atoms with Crippen molar-refractivity contribution in [3.8, 4) is 0 Å². The molecule has 1 atom stereocenters. The lowest BCUT2D eigenvalue weighted by Gasteiger charge is -2.28. The van der Waals surface area contributed by atoms with Gasteiger partial charge in [0, 0.05) is 0 Å². The zero-order valence-corrected chi connectivity index (χ0v) is 11.3. The molecule has 0 aromatic heterocycles. The molecule has 1 heterocycles. The Bertz CT molecular complexity index is 435. The van der Waals surface area contributed by atoms with E-state index in [1.807, 2.05) is 6.92 Å². The number of hydrogen-bond acceptors (Lipinski definition) is 10. The van der Waals surface area contributed by atoms with Crippen LogP contribution in [0.3, 0.4) is 0 Å². The highest BCUT2D eigenvalue weighted by molar-refractivity contribution is 6.38. The third-order valence-corrected chi connectivity index (χ3v) is 2.42. The van der Waals surface area contributed by atoms with Gasteiger partial charge in [-0.2, -0.15) is 10.5 Å². The minimum atomic E-state index is -1.24. The molecule has 1 unspecified atom stereocenters. The molecule has 0 saturated carbocycles. The van der Waals surface area contributed by atoms with Crippen LogP contribution in [0.25, 0.3) is 0 Å². The van der Waals surface area contributed by atoms with Crippen LogP contribution in [0.1, 0.15) is 19.8 Å². The lowest BCUT2D eigenvalue weighted by Crippen LogP contribution is -2.60. The summed E-state index contributed by atoms with van der Waals surface area (Å²) in [7, 11) is 1.17. The molecule has 0 aliphatic carbocycles. The number of carbonyl (C=O) groups excluding carboxylic acids is 2. The molecule has 0 amide bonds. The van der Waals surface area contributed by atoms with Gasteiger partial charge in [0.2, 0.25) is 18.0 Å². The summed E-state index contributed by atoms with van der Waals surface area (Å²) in [6.45, 7) is 2.20. The number of nitrogens with two attached hydrogens (primary N) is 2. The third kappa shape index (κ3) is 3.65. The van der Waals surface area contributed by atoms with Crippen molar-refractivity contribution in [3.05, 3.63) is 0 Å². The fourth-order valence-corrected chi connectivity index (χ4v) is 1.36. The second-order valence-electron chi connectivity index (χ2n) is 3.81. The molecule has 10 nitrogen and oxygen atoms in total. The Morgan fingerprint density at radius 2 is 2.20 bits per heavy atom. The molecule has 0 aromatic carbocycles. The second kappa shape index (κ2) is 7.40. The summed E-state index contributed by atoms with van der Waals surface area (Å²) >= 11 is 0. The highest BCUT2D eigenvalue weighted by atomic mass is 16.5. The quantitative estimate of drug-likeness (QED) is 0.225. The number of nitrogens with one attached hydrogen (secondary N) is 1. The number of hydrazine groups is 2. The molecule has 0 aromatic rings. The van der Waals surface area contributed by atoms with Gasteiger partial charge in [0.15, 0.2) is 0 Å². The zero-order chi connectivity index (χ0) is 15.1. The fourth-order valence-electron chi connectivity index (χ4n) is 1.36. The number of aliphatic imine (C=N–C) groups is 2. The molecular weight excluding hydrogens is 268 g/mol. The molecule has 5 N–H and O–H groups in total. The molecule has 1 aliphatic rings. The number of ether oxygens (including phenoxy) is 2. The SMILES string of the molecule is CCCCOC(=O)C1=NC(C(=O)OC)N(NN)C(N)=N1. The van der Waals surface area contributed by atoms with Crippen LogP contribution in [0.4, 0.5) is 0 Å². The van der Waals surface area contributed by atoms with Crippen molar-refractivity contribution in [1.29, 1.82) is 0 Å². The van der Waals surface area contributed by atoms with Gasteiger partial charge < -0.3 is 15.2 Å². The van der Waals surface area contributed by atoms with Crippen LogP contribution in [0.15, 0.2) is 9.98 Å². The van der Waals surface area contributed by atoms with E-state index in [2.05, 4.69) is 20.3 Å². The fraction of sp³-hybridized carbons (Fsp3) is 0.600. The van der Waals surface area contributed by atoms with E-state index in [1.54, 1.807) is 0 Å². The summed E-state index contributed by atoms with van der Waals surface area (Å²) < 4.78 is 9.50. The molecule has 20 heavy (non-hydrogen) atoms. The highest BCUT2D eigenvalue weighted by Crippen LogP contribution is 2.08. The van der Waals surface area contributed by atoms with Crippen LogP contribution in [0.5, 0.6) is 0 Å². The van der Waals surface area contributed by atoms with E-state index in [-0.39, 0.29) is 18.4 Å². The van der Waals surface area contributed by atoms with E-state index >= 15 is 0 Å². The van der Waals surface area contributed by atoms with Crippen molar-refractivity contribution in [1.82, 2.24) is 10.5 Å². The Balaban J connectivity index is 2.87. The van der Waals surface area contributed by atoms with Crippen LogP contribution in [0.2, 0.25) is 0 Å². The molecule has 0 bridgehead atoms. The highest BCUT2D eigenvalue weighted by Gasteiger charge is 2.33. The largest absolute Gasteiger partial charge is 0.466 e. The van der Waals surface area contributed by atoms with Gasteiger partial charge in [-0.1, -0.05) is 13.3 Å². The van der Waals surface area contributed by atoms with Crippen molar-refractivity contribution in [2.45, 2.75) is 25.9 Å². The van der Waals surface area contributed by atoms with Crippen LogP contribution in [-0.2, 0) is 19.1 Å². The van der Waals surface area contributed by atoms with Gasteiger partial charge in [-0.15, -0.1) is 0 Å². The summed E-state index contributed by atoms with van der Waals surface area (Å²) in [6, 6.07) is 0. The van der Waals surface area contributed by atoms with E-state index in [4.69, 9.17) is 16.3 Å². The number of rotatable bonds is 6. The van der Waals surface area contributed by atoms with Gasteiger partial charge in [-0.25, -0.2) is 19.6 Å². The molecule has 112 valence electrons. The predicted molar refractivity (Wildman–Crippen MR) is 69.9 cm³/mol. The number of guanidine groups is 1. The Hall–Kier alpha value is -2.20. The van der Waals surface area contributed by atoms with Gasteiger partial charge >= 0.3 is 11.9 Å². The van der Waals surface area contributed by atoms with Gasteiger partial charge in [-0.3, -0.25) is 5.84 Å². The van der Waals surface area contributed by atoms with Crippen molar-refractivity contribution in [2.75, 3.05) is 13.7 Å². The molecule has 1 aliphatic heterocycles. The minimum absolute atomic E-state index is 0.194. The Morgan fingerprint density at radius 3 is 2.75 bits per heavy atom. The van der Waals surface area contributed by atoms with Crippen molar-refractivity contribution in [3.63, 3.8) is 0 Å². The van der Waals surface area contributed by atoms with Gasteiger partial charge in [0.1, 0.15) is 0 Å². The molecule has 0 saturated heterocycles. The summed E-state index contributed by atoms with van der Waals surface area (Å²) in [6.07, 6.45) is 0.354. The minimum Gasteiger partial charge on any atom is -0.466 e. The van der Waals surface area contributed by atoms with Gasteiger partial charge in [0.25, 0.3) is 0 Å². The molecule has 10 heteroatoms. The standard InChI is InChI=1S/C10H18N6O4/c1-3-4-5-20-8(17)6-13-7(9(18)19-2)16(15-12)10(11)14-6/h7,15H,3-5,12H2,1-2H3,(H2,11,13,14). The summed E-state index contributed by atoms with van der Waals surface area (Å²) in [5.74, 6) is 3.21. The molecule has 1 rings (SSSR count). The van der Waals surface area contributed by atoms with E-state index in [0.717, 1.165) is 17.9 Å². The lowest BCUT2D eigenvalue weighted by atomic mass is 10.4. The first-order valence-corrected chi connectivity index (χ1v) is 5.97. The maximum Gasteiger partial charge on any atom is 0.376 e. The van der Waals surface area contributed by atoms with E-state index < -0.39 is 18.1 Å². The third-order valence-electron chi connectivity index (χ3n) is 2.42. The number of carbonyl (C=O) groups is 2. The number of unbranched alkanes of at least 4 members (excludes halogenated alkanes) is 1. The van der Waals surface area contributed by atoms with Gasteiger partial charge in [0.05, 0.1) is 13.7 Å². The van der Waals surface area contributed by atoms with Crippen LogP contribution < -0.4 is 17.1 Å². The summed E-state index contributed by atoms with van der Waals surface area (Å²) in [5, 5.41) is 0.967. The average molecular weight is 286 g/mol. The first-order chi connectivity index (χ1) is 9.54. The van der Waals surface area contributed by atoms with Crippen molar-refractivity contribution in [2.24, 2.45) is 21.6 Å². The smallest absolute Gasteiger partial charge is 0.376 e. The van der Waals surface area contributed by atoms with Crippen LogP contribution >= 0.6 is 0 Å². The molecule has 0 spiro atoms. The molecule has 0 radical (unpaired) electrons. The zero-order valence-electron chi connectivity index (χ0n) is 11.3. The number of esters is 2. The number of amidine groups is 1. The maximum absolute atomic E-state index is 11.7. The first kappa shape index (κ1) is 15.9. The topological polar surface area (TPSA) is 145 Å². The maximum atomic E-state index is 11.7. The Kier molecular flexibility index (Phi) is 5.87. The van der Waals surface area contributed by atoms with Crippen LogP contribution in [0, 0.1) is 0 Å². The van der Waals surface area contributed by atoms with E-state index in [9.17, 15) is 9.59 Å². The first-order valence-electron chi connectivity index (χ1n) is 5.97. The number of methoxy groups -OCH3 is 1. The Labute approximate surface area is 115 Å². The second-order valence-corrected chi connectivity index (χ2v) is 3.81. The summed E-state index contributed by atoms with van der Waals surface area (Å²) in [5.41, 5.74) is 7.74. The Morgan fingerprint density at radius 1 is 1.50 bits per heavy atom. The lowest BCUT2D eigenvalue weighted by molar-refractivity contribution is -0.146. The van der Waals surface area contributed by atoms with E-state index in [1.165, 1.54) is 7.11 Å². The molecule has 0 fully saturated rings. The van der Waals surface area contributed by atoms with E-state index in [0.29, 0.717) is 0 Å². The van der Waals surface area contributed by atoms with Crippen LogP contribution in [-0.4, -0.2) is 48.6 Å². The number of hydrogen-bond donors (Lipinski definition) is 3. The molecular formula is C10H18N6O4. The normalized spacial score (nSPS) is 18.1. The van der Waals surface area contributed by atoms with Crippen molar-refractivity contribution < 1.29 is 19.1 Å². The average Bonchev–Trinajstić information content (AvgIpc) is 2.45. The summed E-state index contributed by atoms with van der Waals surface area (Å²) in [4.78, 5) is 30.9. The van der Waals surface area contributed by atoms with Crippen molar-refractivity contribution >= 4 is 23.7 Å². The predicted octanol–water partition coefficient (Wildman–Crippen LogP) is -1.76. The number of nitrogens with zero attached hydrogens (tertiary/aromatic N) is 3.